The summed E-state index contributed by atoms with van der Waals surface area (Å²) in [5.41, 5.74) is 0. The average molecular weight is 229 g/mol. The normalized spacial score (nSPS) is 45.2. The number of aliphatic hydroxyl groups excluding tert-OH is 1. The fourth-order valence-electron chi connectivity index (χ4n) is 2.67. The van der Waals surface area contributed by atoms with Gasteiger partial charge >= 0.3 is 6.09 Å². The van der Waals surface area contributed by atoms with Gasteiger partial charge in [0.15, 0.2) is 5.79 Å². The SMILES string of the molecule is CC1(C)OC[C@H]2[C@@H](O1)[C@H](O)[C@H]1COC(=O)N12. The molecule has 0 bridgehead atoms. The second kappa shape index (κ2) is 3.09. The number of ether oxygens (including phenoxy) is 3. The molecule has 0 radical (unpaired) electrons. The van der Waals surface area contributed by atoms with Gasteiger partial charge in [0.2, 0.25) is 0 Å². The Hall–Kier alpha value is -0.850. The molecule has 6 nitrogen and oxygen atoms in total. The van der Waals surface area contributed by atoms with Crippen molar-refractivity contribution in [3.8, 4) is 0 Å². The van der Waals surface area contributed by atoms with E-state index in [0.717, 1.165) is 0 Å². The number of hydrogen-bond acceptors (Lipinski definition) is 5. The summed E-state index contributed by atoms with van der Waals surface area (Å²) in [6.07, 6.45) is -1.45. The predicted octanol–water partition coefficient (Wildman–Crippen LogP) is -0.298. The van der Waals surface area contributed by atoms with Crippen LogP contribution in [0.15, 0.2) is 0 Å². The van der Waals surface area contributed by atoms with E-state index in [1.807, 2.05) is 0 Å². The molecule has 1 amide bonds. The number of hydrogen-bond donors (Lipinski definition) is 1. The highest BCUT2D eigenvalue weighted by Crippen LogP contribution is 2.38. The molecule has 0 unspecified atom stereocenters. The molecule has 3 fully saturated rings. The molecule has 3 aliphatic rings. The number of amides is 1. The molecule has 3 saturated heterocycles. The number of carbonyl (C=O) groups is 1. The monoisotopic (exact) mass is 229 g/mol. The molecule has 0 spiro atoms. The number of cyclic esters (lactones) is 1. The lowest BCUT2D eigenvalue weighted by atomic mass is 10.1. The van der Waals surface area contributed by atoms with E-state index in [-0.39, 0.29) is 30.9 Å². The molecule has 16 heavy (non-hydrogen) atoms. The molecule has 3 aliphatic heterocycles. The van der Waals surface area contributed by atoms with Crippen molar-refractivity contribution < 1.29 is 24.1 Å². The van der Waals surface area contributed by atoms with Crippen LogP contribution < -0.4 is 0 Å². The van der Waals surface area contributed by atoms with Gasteiger partial charge in [-0.25, -0.2) is 4.79 Å². The van der Waals surface area contributed by atoms with Gasteiger partial charge in [-0.15, -0.1) is 0 Å². The topological polar surface area (TPSA) is 68.2 Å². The second-order valence-electron chi connectivity index (χ2n) is 4.90. The van der Waals surface area contributed by atoms with Crippen LogP contribution in [-0.2, 0) is 14.2 Å². The largest absolute Gasteiger partial charge is 0.447 e. The Kier molecular flexibility index (Phi) is 1.99. The number of aliphatic hydroxyl groups is 1. The maximum Gasteiger partial charge on any atom is 0.410 e. The predicted molar refractivity (Wildman–Crippen MR) is 51.7 cm³/mol. The van der Waals surface area contributed by atoms with Crippen molar-refractivity contribution in [3.63, 3.8) is 0 Å². The van der Waals surface area contributed by atoms with Crippen molar-refractivity contribution >= 4 is 6.09 Å². The van der Waals surface area contributed by atoms with Crippen molar-refractivity contribution in [1.82, 2.24) is 4.90 Å². The lowest BCUT2D eigenvalue weighted by molar-refractivity contribution is -0.291. The molecule has 4 atom stereocenters. The first-order valence-corrected chi connectivity index (χ1v) is 5.44. The lowest BCUT2D eigenvalue weighted by Crippen LogP contribution is -2.53. The van der Waals surface area contributed by atoms with Gasteiger partial charge in [0.05, 0.1) is 18.7 Å². The van der Waals surface area contributed by atoms with Gasteiger partial charge in [0.1, 0.15) is 18.8 Å². The van der Waals surface area contributed by atoms with E-state index in [0.29, 0.717) is 6.61 Å². The van der Waals surface area contributed by atoms with E-state index in [2.05, 4.69) is 0 Å². The van der Waals surface area contributed by atoms with Gasteiger partial charge in [0.25, 0.3) is 0 Å². The first kappa shape index (κ1) is 10.3. The van der Waals surface area contributed by atoms with E-state index >= 15 is 0 Å². The van der Waals surface area contributed by atoms with Gasteiger partial charge in [-0.1, -0.05) is 0 Å². The summed E-state index contributed by atoms with van der Waals surface area (Å²) in [5, 5.41) is 10.1. The van der Waals surface area contributed by atoms with Crippen molar-refractivity contribution in [3.05, 3.63) is 0 Å². The van der Waals surface area contributed by atoms with Gasteiger partial charge in [-0.2, -0.15) is 0 Å². The smallest absolute Gasteiger partial charge is 0.410 e. The van der Waals surface area contributed by atoms with E-state index in [1.165, 1.54) is 0 Å². The highest BCUT2D eigenvalue weighted by molar-refractivity contribution is 5.71. The molecule has 3 heterocycles. The fraction of sp³-hybridized carbons (Fsp3) is 0.900. The summed E-state index contributed by atoms with van der Waals surface area (Å²) in [5.74, 6) is -0.703. The van der Waals surface area contributed by atoms with Gasteiger partial charge in [-0.3, -0.25) is 4.90 Å². The summed E-state index contributed by atoms with van der Waals surface area (Å²) in [4.78, 5) is 13.0. The molecule has 1 N–H and O–H groups in total. The Morgan fingerprint density at radius 1 is 1.38 bits per heavy atom. The van der Waals surface area contributed by atoms with Crippen LogP contribution >= 0.6 is 0 Å². The molecule has 0 aromatic rings. The first-order chi connectivity index (χ1) is 7.49. The first-order valence-electron chi connectivity index (χ1n) is 5.44. The van der Waals surface area contributed by atoms with Crippen LogP contribution in [0.5, 0.6) is 0 Å². The van der Waals surface area contributed by atoms with Gasteiger partial charge in [0, 0.05) is 0 Å². The number of nitrogens with zero attached hydrogens (tertiary/aromatic N) is 1. The molecular weight excluding hydrogens is 214 g/mol. The van der Waals surface area contributed by atoms with Crippen molar-refractivity contribution in [2.75, 3.05) is 13.2 Å². The number of carbonyl (C=O) groups excluding carboxylic acids is 1. The summed E-state index contributed by atoms with van der Waals surface area (Å²) >= 11 is 0. The van der Waals surface area contributed by atoms with Crippen LogP contribution in [0.4, 0.5) is 4.79 Å². The summed E-state index contributed by atoms with van der Waals surface area (Å²) in [6, 6.07) is -0.525. The maximum absolute atomic E-state index is 11.5. The van der Waals surface area contributed by atoms with Crippen molar-refractivity contribution in [2.24, 2.45) is 0 Å². The minimum absolute atomic E-state index is 0.233. The third-order valence-corrected chi connectivity index (χ3v) is 3.43. The molecule has 90 valence electrons. The summed E-state index contributed by atoms with van der Waals surface area (Å²) in [6.45, 7) is 4.21. The van der Waals surface area contributed by atoms with E-state index < -0.39 is 11.9 Å². The lowest BCUT2D eigenvalue weighted by Gasteiger charge is -2.39. The highest BCUT2D eigenvalue weighted by atomic mass is 16.7. The number of fused-ring (bicyclic) bond motifs is 3. The van der Waals surface area contributed by atoms with E-state index in [1.54, 1.807) is 18.7 Å². The molecule has 0 aromatic carbocycles. The van der Waals surface area contributed by atoms with E-state index in [9.17, 15) is 9.90 Å². The van der Waals surface area contributed by atoms with Gasteiger partial charge < -0.3 is 19.3 Å². The Bertz CT molecular complexity index is 331. The van der Waals surface area contributed by atoms with Crippen LogP contribution in [-0.4, -0.2) is 59.4 Å². The second-order valence-corrected chi connectivity index (χ2v) is 4.90. The van der Waals surface area contributed by atoms with Crippen molar-refractivity contribution in [2.45, 2.75) is 43.9 Å². The Morgan fingerprint density at radius 3 is 2.88 bits per heavy atom. The Balaban J connectivity index is 1.88. The quantitative estimate of drug-likeness (QED) is 0.617. The minimum Gasteiger partial charge on any atom is -0.447 e. The zero-order chi connectivity index (χ0) is 11.5. The molecule has 0 saturated carbocycles. The van der Waals surface area contributed by atoms with Crippen molar-refractivity contribution in [1.29, 1.82) is 0 Å². The molecular formula is C10H15NO5. The van der Waals surface area contributed by atoms with Crippen LogP contribution in [0.1, 0.15) is 13.8 Å². The molecule has 0 aromatic heterocycles. The Morgan fingerprint density at radius 2 is 2.12 bits per heavy atom. The number of rotatable bonds is 0. The molecule has 0 aliphatic carbocycles. The van der Waals surface area contributed by atoms with Gasteiger partial charge in [-0.05, 0) is 13.8 Å². The zero-order valence-corrected chi connectivity index (χ0v) is 9.25. The summed E-state index contributed by atoms with van der Waals surface area (Å²) in [7, 11) is 0. The maximum atomic E-state index is 11.5. The minimum atomic E-state index is -0.703. The van der Waals surface area contributed by atoms with Crippen LogP contribution in [0, 0.1) is 0 Å². The third kappa shape index (κ3) is 1.27. The fourth-order valence-corrected chi connectivity index (χ4v) is 2.67. The summed E-state index contributed by atoms with van der Waals surface area (Å²) < 4.78 is 16.1. The Labute approximate surface area is 93.1 Å². The third-order valence-electron chi connectivity index (χ3n) is 3.43. The highest BCUT2D eigenvalue weighted by Gasteiger charge is 2.58. The standard InChI is InChI=1S/C10H15NO5/c1-10(2)15-4-6-8(16-10)7(12)5-3-14-9(13)11(5)6/h5-8,12H,3-4H2,1-2H3/t5-,6+,7-,8-/m1/s1. The average Bonchev–Trinajstić information content (AvgIpc) is 2.69. The molecule has 3 rings (SSSR count). The molecule has 6 heteroatoms. The zero-order valence-electron chi connectivity index (χ0n) is 9.25. The van der Waals surface area contributed by atoms with Crippen LogP contribution in [0.25, 0.3) is 0 Å². The van der Waals surface area contributed by atoms with Crippen LogP contribution in [0.3, 0.4) is 0 Å². The van der Waals surface area contributed by atoms with Crippen LogP contribution in [0.2, 0.25) is 0 Å². The van der Waals surface area contributed by atoms with E-state index in [4.69, 9.17) is 14.2 Å².